The molecule has 2 unspecified atom stereocenters. The molecule has 31 heavy (non-hydrogen) atoms. The number of aromatic nitrogens is 2. The number of amides is 1. The highest BCUT2D eigenvalue weighted by molar-refractivity contribution is 7.18. The number of aryl methyl sites for hydroxylation is 2. The van der Waals surface area contributed by atoms with Crippen LogP contribution in [0.2, 0.25) is 0 Å². The summed E-state index contributed by atoms with van der Waals surface area (Å²) in [5.74, 6) is -0.914. The Morgan fingerprint density at radius 1 is 1.35 bits per heavy atom. The van der Waals surface area contributed by atoms with Gasteiger partial charge in [-0.2, -0.15) is 0 Å². The van der Waals surface area contributed by atoms with Gasteiger partial charge in [0.1, 0.15) is 10.7 Å². The highest BCUT2D eigenvalue weighted by Crippen LogP contribution is 2.35. The lowest BCUT2D eigenvalue weighted by atomic mass is 9.89. The van der Waals surface area contributed by atoms with Crippen LogP contribution in [0.1, 0.15) is 54.6 Å². The molecule has 0 spiro atoms. The predicted molar refractivity (Wildman–Crippen MR) is 117 cm³/mol. The van der Waals surface area contributed by atoms with Crippen molar-refractivity contribution >= 4 is 27.5 Å². The lowest BCUT2D eigenvalue weighted by molar-refractivity contribution is -0.131. The predicted octanol–water partition coefficient (Wildman–Crippen LogP) is 4.54. The number of fused-ring (bicyclic) bond motifs is 3. The molecule has 0 bridgehead atoms. The number of nitrogens with one attached hydrogen (secondary N) is 1. The molecule has 164 valence electrons. The molecule has 2 atom stereocenters. The molecular weight excluding hydrogens is 420 g/mol. The first-order valence-electron chi connectivity index (χ1n) is 10.5. The normalized spacial score (nSPS) is 16.9. The van der Waals surface area contributed by atoms with Crippen molar-refractivity contribution in [2.24, 2.45) is 5.92 Å². The van der Waals surface area contributed by atoms with Gasteiger partial charge in [-0.25, -0.2) is 13.8 Å². The minimum absolute atomic E-state index is 0.136. The third-order valence-electron chi connectivity index (χ3n) is 6.19. The largest absolute Gasteiger partial charge is 0.339 e. The maximum atomic E-state index is 13.5. The summed E-state index contributed by atoms with van der Waals surface area (Å²) in [5, 5.41) is 0.700. The number of nitrogens with zero attached hydrogens (tertiary/aromatic N) is 2. The van der Waals surface area contributed by atoms with Gasteiger partial charge in [0.25, 0.3) is 5.56 Å². The van der Waals surface area contributed by atoms with Gasteiger partial charge in [-0.05, 0) is 55.4 Å². The number of benzene rings is 1. The Labute approximate surface area is 183 Å². The van der Waals surface area contributed by atoms with Crippen LogP contribution in [0.5, 0.6) is 0 Å². The molecule has 3 aromatic rings. The summed E-state index contributed by atoms with van der Waals surface area (Å²) in [7, 11) is 1.63. The Hall–Kier alpha value is -2.61. The standard InChI is InChI=1S/C23H25F2N3O2S/c1-12-4-6-15-18(10-12)31-23-21(15)22(30)26-19(27-23)8-9-20(29)28(3)13(2)14-5-7-16(24)17(25)11-14/h5,7,11-13H,4,6,8-10H2,1-3H3,(H,26,27,30). The number of halogens is 2. The van der Waals surface area contributed by atoms with Crippen LogP contribution in [0.3, 0.4) is 0 Å². The van der Waals surface area contributed by atoms with Crippen molar-refractivity contribution in [3.05, 3.63) is 62.0 Å². The van der Waals surface area contributed by atoms with E-state index in [4.69, 9.17) is 0 Å². The fourth-order valence-electron chi connectivity index (χ4n) is 4.13. The highest BCUT2D eigenvalue weighted by Gasteiger charge is 2.23. The fraction of sp³-hybridized carbons (Fsp3) is 0.435. The van der Waals surface area contributed by atoms with Crippen LogP contribution in [-0.2, 0) is 24.1 Å². The van der Waals surface area contributed by atoms with E-state index in [1.165, 1.54) is 15.8 Å². The zero-order chi connectivity index (χ0) is 22.3. The van der Waals surface area contributed by atoms with Gasteiger partial charge < -0.3 is 9.88 Å². The van der Waals surface area contributed by atoms with Crippen LogP contribution in [0.15, 0.2) is 23.0 Å². The quantitative estimate of drug-likeness (QED) is 0.627. The molecule has 1 aliphatic carbocycles. The summed E-state index contributed by atoms with van der Waals surface area (Å²) in [6.45, 7) is 3.98. The first-order chi connectivity index (χ1) is 14.7. The van der Waals surface area contributed by atoms with Gasteiger partial charge >= 0.3 is 0 Å². The van der Waals surface area contributed by atoms with E-state index in [2.05, 4.69) is 16.9 Å². The molecule has 1 aliphatic rings. The van der Waals surface area contributed by atoms with Crippen LogP contribution < -0.4 is 5.56 Å². The molecule has 1 N–H and O–H groups in total. The second-order valence-electron chi connectivity index (χ2n) is 8.40. The number of hydrogen-bond acceptors (Lipinski definition) is 4. The van der Waals surface area contributed by atoms with Crippen LogP contribution in [0, 0.1) is 17.6 Å². The van der Waals surface area contributed by atoms with E-state index in [9.17, 15) is 18.4 Å². The van der Waals surface area contributed by atoms with E-state index in [-0.39, 0.29) is 17.9 Å². The molecule has 0 saturated carbocycles. The summed E-state index contributed by atoms with van der Waals surface area (Å²) < 4.78 is 26.7. The molecule has 5 nitrogen and oxygen atoms in total. The van der Waals surface area contributed by atoms with Crippen LogP contribution >= 0.6 is 11.3 Å². The summed E-state index contributed by atoms with van der Waals surface area (Å²) >= 11 is 1.58. The Morgan fingerprint density at radius 2 is 2.13 bits per heavy atom. The molecule has 2 aromatic heterocycles. The third kappa shape index (κ3) is 4.26. The van der Waals surface area contributed by atoms with Gasteiger partial charge in [-0.15, -0.1) is 11.3 Å². The molecule has 1 aromatic carbocycles. The Kier molecular flexibility index (Phi) is 5.92. The Balaban J connectivity index is 1.47. The zero-order valence-corrected chi connectivity index (χ0v) is 18.6. The van der Waals surface area contributed by atoms with Crippen molar-refractivity contribution in [1.29, 1.82) is 0 Å². The minimum Gasteiger partial charge on any atom is -0.339 e. The summed E-state index contributed by atoms with van der Waals surface area (Å²) in [6, 6.07) is 3.23. The summed E-state index contributed by atoms with van der Waals surface area (Å²) in [5.41, 5.74) is 1.51. The van der Waals surface area contributed by atoms with E-state index in [1.54, 1.807) is 25.3 Å². The number of hydrogen-bond donors (Lipinski definition) is 1. The second kappa shape index (κ2) is 8.49. The number of H-pyrrole nitrogens is 1. The van der Waals surface area contributed by atoms with E-state index in [1.807, 2.05) is 0 Å². The second-order valence-corrected chi connectivity index (χ2v) is 9.48. The van der Waals surface area contributed by atoms with Gasteiger partial charge in [0.2, 0.25) is 5.91 Å². The third-order valence-corrected chi connectivity index (χ3v) is 7.34. The molecule has 8 heteroatoms. The summed E-state index contributed by atoms with van der Waals surface area (Å²) in [6.07, 6.45) is 3.43. The lowest BCUT2D eigenvalue weighted by Gasteiger charge is -2.25. The van der Waals surface area contributed by atoms with Crippen molar-refractivity contribution in [2.45, 2.75) is 52.0 Å². The van der Waals surface area contributed by atoms with Gasteiger partial charge in [0, 0.05) is 24.8 Å². The Bertz CT molecular complexity index is 1200. The van der Waals surface area contributed by atoms with Crippen molar-refractivity contribution in [3.63, 3.8) is 0 Å². The number of aromatic amines is 1. The average Bonchev–Trinajstić information content (AvgIpc) is 3.10. The maximum Gasteiger partial charge on any atom is 0.259 e. The molecule has 0 aliphatic heterocycles. The smallest absolute Gasteiger partial charge is 0.259 e. The van der Waals surface area contributed by atoms with Crippen molar-refractivity contribution in [1.82, 2.24) is 14.9 Å². The fourth-order valence-corrected chi connectivity index (χ4v) is 5.53. The highest BCUT2D eigenvalue weighted by atomic mass is 32.1. The first kappa shape index (κ1) is 21.6. The van der Waals surface area contributed by atoms with Crippen molar-refractivity contribution in [3.8, 4) is 0 Å². The van der Waals surface area contributed by atoms with E-state index in [0.29, 0.717) is 29.1 Å². The molecular formula is C23H25F2N3O2S. The van der Waals surface area contributed by atoms with E-state index >= 15 is 0 Å². The van der Waals surface area contributed by atoms with Crippen LogP contribution in [0.4, 0.5) is 8.78 Å². The first-order valence-corrected chi connectivity index (χ1v) is 11.3. The van der Waals surface area contributed by atoms with Crippen molar-refractivity contribution < 1.29 is 13.6 Å². The molecule has 0 radical (unpaired) electrons. The molecule has 2 heterocycles. The molecule has 1 amide bonds. The SMILES string of the molecule is CC1CCc2c(sc3nc(CCC(=O)N(C)C(C)c4ccc(F)c(F)c4)[nH]c(=O)c23)C1. The summed E-state index contributed by atoms with van der Waals surface area (Å²) in [4.78, 5) is 36.3. The average molecular weight is 446 g/mol. The van der Waals surface area contributed by atoms with Crippen LogP contribution in [0.25, 0.3) is 10.2 Å². The van der Waals surface area contributed by atoms with Crippen LogP contribution in [-0.4, -0.2) is 27.8 Å². The van der Waals surface area contributed by atoms with Gasteiger partial charge in [-0.3, -0.25) is 9.59 Å². The number of thiophene rings is 1. The Morgan fingerprint density at radius 3 is 2.87 bits per heavy atom. The monoisotopic (exact) mass is 445 g/mol. The number of rotatable bonds is 5. The van der Waals surface area contributed by atoms with Gasteiger partial charge in [0.05, 0.1) is 11.4 Å². The molecule has 4 rings (SSSR count). The topological polar surface area (TPSA) is 66.1 Å². The van der Waals surface area contributed by atoms with Gasteiger partial charge in [0.15, 0.2) is 11.6 Å². The molecule has 0 fully saturated rings. The molecule has 0 saturated heterocycles. The number of carbonyl (C=O) groups excluding carboxylic acids is 1. The van der Waals surface area contributed by atoms with E-state index in [0.717, 1.165) is 41.8 Å². The zero-order valence-electron chi connectivity index (χ0n) is 17.8. The van der Waals surface area contributed by atoms with Crippen molar-refractivity contribution in [2.75, 3.05) is 7.05 Å². The minimum atomic E-state index is -0.937. The van der Waals surface area contributed by atoms with E-state index < -0.39 is 17.7 Å². The lowest BCUT2D eigenvalue weighted by Crippen LogP contribution is -2.30. The number of carbonyl (C=O) groups is 1. The maximum absolute atomic E-state index is 13.5. The van der Waals surface area contributed by atoms with Gasteiger partial charge in [-0.1, -0.05) is 13.0 Å².